The lowest BCUT2D eigenvalue weighted by Gasteiger charge is -2.11. The molecule has 16 heavy (non-hydrogen) atoms. The number of hydrogen-bond acceptors (Lipinski definition) is 5. The Morgan fingerprint density at radius 2 is 2.44 bits per heavy atom. The van der Waals surface area contributed by atoms with Crippen LogP contribution in [-0.4, -0.2) is 29.2 Å². The first kappa shape index (κ1) is 10.8. The number of nitro groups is 1. The standard InChI is InChI=1S/C10H13N3O3/c1-7-9(13(14)15)2-3-10(11-7)12-8-4-5-16-6-8/h2-3,8H,4-6H2,1H3,(H,11,12). The number of pyridine rings is 1. The first-order valence-corrected chi connectivity index (χ1v) is 5.13. The molecule has 2 heterocycles. The second-order valence-electron chi connectivity index (χ2n) is 3.76. The number of aromatic nitrogens is 1. The molecule has 0 spiro atoms. The van der Waals surface area contributed by atoms with Gasteiger partial charge >= 0.3 is 0 Å². The van der Waals surface area contributed by atoms with Gasteiger partial charge in [0.15, 0.2) is 0 Å². The van der Waals surface area contributed by atoms with Gasteiger partial charge in [0.25, 0.3) is 5.69 Å². The van der Waals surface area contributed by atoms with Gasteiger partial charge in [-0.05, 0) is 19.4 Å². The maximum Gasteiger partial charge on any atom is 0.290 e. The predicted molar refractivity (Wildman–Crippen MR) is 58.5 cm³/mol. The van der Waals surface area contributed by atoms with E-state index in [4.69, 9.17) is 4.74 Å². The van der Waals surface area contributed by atoms with Crippen LogP contribution in [0.3, 0.4) is 0 Å². The van der Waals surface area contributed by atoms with Gasteiger partial charge in [0.05, 0.1) is 17.6 Å². The van der Waals surface area contributed by atoms with Gasteiger partial charge in [-0.1, -0.05) is 0 Å². The van der Waals surface area contributed by atoms with E-state index in [-0.39, 0.29) is 11.7 Å². The molecule has 1 aliphatic rings. The molecule has 0 aliphatic carbocycles. The smallest absolute Gasteiger partial charge is 0.290 e. The Labute approximate surface area is 92.8 Å². The zero-order chi connectivity index (χ0) is 11.5. The van der Waals surface area contributed by atoms with Crippen molar-refractivity contribution < 1.29 is 9.66 Å². The normalized spacial score (nSPS) is 19.7. The summed E-state index contributed by atoms with van der Waals surface area (Å²) >= 11 is 0. The summed E-state index contributed by atoms with van der Waals surface area (Å²) in [5, 5.41) is 13.8. The fraction of sp³-hybridized carbons (Fsp3) is 0.500. The summed E-state index contributed by atoms with van der Waals surface area (Å²) < 4.78 is 5.22. The van der Waals surface area contributed by atoms with E-state index in [1.807, 2.05) is 0 Å². The molecule has 0 radical (unpaired) electrons. The highest BCUT2D eigenvalue weighted by atomic mass is 16.6. The van der Waals surface area contributed by atoms with Gasteiger partial charge in [0, 0.05) is 12.7 Å². The highest BCUT2D eigenvalue weighted by Gasteiger charge is 2.17. The lowest BCUT2D eigenvalue weighted by atomic mass is 10.2. The summed E-state index contributed by atoms with van der Waals surface area (Å²) in [6, 6.07) is 3.36. The van der Waals surface area contributed by atoms with Crippen LogP contribution in [-0.2, 0) is 4.74 Å². The monoisotopic (exact) mass is 223 g/mol. The maximum absolute atomic E-state index is 10.6. The Bertz CT molecular complexity index is 402. The molecule has 0 amide bonds. The summed E-state index contributed by atoms with van der Waals surface area (Å²) in [6.45, 7) is 3.05. The Kier molecular flexibility index (Phi) is 3.00. The fourth-order valence-corrected chi connectivity index (χ4v) is 1.68. The summed E-state index contributed by atoms with van der Waals surface area (Å²) in [5.74, 6) is 0.665. The topological polar surface area (TPSA) is 77.3 Å². The minimum atomic E-state index is -0.426. The van der Waals surface area contributed by atoms with Crippen LogP contribution in [0.4, 0.5) is 11.5 Å². The fourth-order valence-electron chi connectivity index (χ4n) is 1.68. The SMILES string of the molecule is Cc1nc(NC2CCOC2)ccc1[N+](=O)[O-]. The second-order valence-corrected chi connectivity index (χ2v) is 3.76. The number of rotatable bonds is 3. The van der Waals surface area contributed by atoms with Crippen molar-refractivity contribution in [3.63, 3.8) is 0 Å². The third-order valence-corrected chi connectivity index (χ3v) is 2.54. The molecular weight excluding hydrogens is 210 g/mol. The highest BCUT2D eigenvalue weighted by molar-refractivity contribution is 5.45. The molecule has 1 atom stereocenters. The Hall–Kier alpha value is -1.69. The van der Waals surface area contributed by atoms with Crippen LogP contribution in [0.15, 0.2) is 12.1 Å². The Morgan fingerprint density at radius 3 is 3.00 bits per heavy atom. The van der Waals surface area contributed by atoms with E-state index in [2.05, 4.69) is 10.3 Å². The number of anilines is 1. The zero-order valence-electron chi connectivity index (χ0n) is 8.97. The molecule has 6 heteroatoms. The number of nitrogens with zero attached hydrogens (tertiary/aromatic N) is 2. The summed E-state index contributed by atoms with van der Waals surface area (Å²) in [7, 11) is 0. The van der Waals surface area contributed by atoms with Crippen molar-refractivity contribution in [3.05, 3.63) is 27.9 Å². The minimum Gasteiger partial charge on any atom is -0.379 e. The molecule has 86 valence electrons. The van der Waals surface area contributed by atoms with Gasteiger partial charge in [0.1, 0.15) is 11.5 Å². The molecular formula is C10H13N3O3. The summed E-state index contributed by atoms with van der Waals surface area (Å²) in [5.41, 5.74) is 0.474. The van der Waals surface area contributed by atoms with Crippen LogP contribution in [0.2, 0.25) is 0 Å². The number of nitrogens with one attached hydrogen (secondary N) is 1. The van der Waals surface area contributed by atoms with E-state index in [1.54, 1.807) is 13.0 Å². The number of aryl methyl sites for hydroxylation is 1. The van der Waals surface area contributed by atoms with Crippen LogP contribution in [0.5, 0.6) is 0 Å². The van der Waals surface area contributed by atoms with E-state index in [0.29, 0.717) is 18.1 Å². The van der Waals surface area contributed by atoms with Crippen LogP contribution in [0.25, 0.3) is 0 Å². The molecule has 1 aromatic rings. The van der Waals surface area contributed by atoms with Crippen LogP contribution in [0, 0.1) is 17.0 Å². The molecule has 1 fully saturated rings. The van der Waals surface area contributed by atoms with Crippen molar-refractivity contribution in [2.75, 3.05) is 18.5 Å². The van der Waals surface area contributed by atoms with Crippen molar-refractivity contribution in [1.82, 2.24) is 4.98 Å². The van der Waals surface area contributed by atoms with Crippen molar-refractivity contribution in [3.8, 4) is 0 Å². The average molecular weight is 223 g/mol. The lowest BCUT2D eigenvalue weighted by molar-refractivity contribution is -0.385. The van der Waals surface area contributed by atoms with Crippen LogP contribution < -0.4 is 5.32 Å². The first-order valence-electron chi connectivity index (χ1n) is 5.13. The van der Waals surface area contributed by atoms with Gasteiger partial charge in [-0.25, -0.2) is 4.98 Å². The predicted octanol–water partition coefficient (Wildman–Crippen LogP) is 1.50. The average Bonchev–Trinajstić information content (AvgIpc) is 2.70. The van der Waals surface area contributed by atoms with Gasteiger partial charge in [-0.3, -0.25) is 10.1 Å². The van der Waals surface area contributed by atoms with Crippen LogP contribution in [0.1, 0.15) is 12.1 Å². The molecule has 2 rings (SSSR count). The van der Waals surface area contributed by atoms with Gasteiger partial charge in [0.2, 0.25) is 0 Å². The molecule has 0 bridgehead atoms. The molecule has 6 nitrogen and oxygen atoms in total. The lowest BCUT2D eigenvalue weighted by Crippen LogP contribution is -2.19. The molecule has 1 aromatic heterocycles. The van der Waals surface area contributed by atoms with E-state index in [0.717, 1.165) is 13.0 Å². The Balaban J connectivity index is 2.11. The molecule has 1 saturated heterocycles. The Morgan fingerprint density at radius 1 is 1.62 bits per heavy atom. The second kappa shape index (κ2) is 4.44. The van der Waals surface area contributed by atoms with Crippen molar-refractivity contribution in [2.24, 2.45) is 0 Å². The van der Waals surface area contributed by atoms with E-state index in [9.17, 15) is 10.1 Å². The van der Waals surface area contributed by atoms with E-state index >= 15 is 0 Å². The minimum absolute atomic E-state index is 0.0493. The van der Waals surface area contributed by atoms with E-state index < -0.39 is 4.92 Å². The number of ether oxygens (including phenoxy) is 1. The zero-order valence-corrected chi connectivity index (χ0v) is 8.97. The molecule has 1 aliphatic heterocycles. The van der Waals surface area contributed by atoms with Gasteiger partial charge < -0.3 is 10.1 Å². The largest absolute Gasteiger partial charge is 0.379 e. The summed E-state index contributed by atoms with van der Waals surface area (Å²) in [4.78, 5) is 14.3. The van der Waals surface area contributed by atoms with E-state index in [1.165, 1.54) is 6.07 Å². The molecule has 1 N–H and O–H groups in total. The molecule has 0 saturated carbocycles. The van der Waals surface area contributed by atoms with Crippen LogP contribution >= 0.6 is 0 Å². The maximum atomic E-state index is 10.6. The van der Waals surface area contributed by atoms with Crippen molar-refractivity contribution in [1.29, 1.82) is 0 Å². The molecule has 1 unspecified atom stereocenters. The highest BCUT2D eigenvalue weighted by Crippen LogP contribution is 2.19. The van der Waals surface area contributed by atoms with Gasteiger partial charge in [-0.2, -0.15) is 0 Å². The molecule has 0 aromatic carbocycles. The summed E-state index contributed by atoms with van der Waals surface area (Å²) in [6.07, 6.45) is 0.942. The quantitative estimate of drug-likeness (QED) is 0.620. The van der Waals surface area contributed by atoms with Crippen molar-refractivity contribution in [2.45, 2.75) is 19.4 Å². The third-order valence-electron chi connectivity index (χ3n) is 2.54. The van der Waals surface area contributed by atoms with Crippen molar-refractivity contribution >= 4 is 11.5 Å². The first-order chi connectivity index (χ1) is 7.66. The third kappa shape index (κ3) is 2.27. The van der Waals surface area contributed by atoms with Gasteiger partial charge in [-0.15, -0.1) is 0 Å². The number of hydrogen-bond donors (Lipinski definition) is 1.